The van der Waals surface area contributed by atoms with Gasteiger partial charge in [0.05, 0.1) is 41.2 Å². The standard InChI is InChI=1S/C42H48F3N7O7S/c1-3-50(2)60(56,57)49-35-13-11-32(43)39(38(35)45)59-29-9-12-34-31(21-29)41(55)52(24-46-34)28-22-42(58-23-28)16-18-51(19-17-42)27-7-4-25(5-8-27)30-10-6-26(20-33(30)44)47-36-14-15-37(53)48-40(36)54/h6,9-13,20-21,24-25,27-28,36,47,49H,3-5,7-8,14-19,22-23H2,1-2H3,(H,48,53,54). The smallest absolute Gasteiger partial charge is 0.301 e. The molecule has 3 aromatic carbocycles. The molecule has 60 heavy (non-hydrogen) atoms. The van der Waals surface area contributed by atoms with Gasteiger partial charge in [0.2, 0.25) is 17.6 Å². The molecule has 18 heteroatoms. The topological polar surface area (TPSA) is 164 Å². The Bertz CT molecular complexity index is 2470. The van der Waals surface area contributed by atoms with Gasteiger partial charge in [0.1, 0.15) is 17.6 Å². The first kappa shape index (κ1) is 41.7. The number of ether oxygens (including phenoxy) is 2. The first-order chi connectivity index (χ1) is 28.7. The Labute approximate surface area is 345 Å². The van der Waals surface area contributed by atoms with Crippen molar-refractivity contribution in [2.24, 2.45) is 0 Å². The summed E-state index contributed by atoms with van der Waals surface area (Å²) < 4.78 is 87.2. The Morgan fingerprint density at radius 2 is 1.73 bits per heavy atom. The lowest BCUT2D eigenvalue weighted by Gasteiger charge is -2.44. The number of fused-ring (bicyclic) bond motifs is 1. The Morgan fingerprint density at radius 3 is 2.45 bits per heavy atom. The third kappa shape index (κ3) is 8.47. The van der Waals surface area contributed by atoms with Crippen LogP contribution < -0.4 is 25.7 Å². The van der Waals surface area contributed by atoms with Gasteiger partial charge in [-0.25, -0.2) is 18.2 Å². The summed E-state index contributed by atoms with van der Waals surface area (Å²) in [7, 11) is -2.78. The Balaban J connectivity index is 0.869. The van der Waals surface area contributed by atoms with E-state index in [1.54, 1.807) is 17.6 Å². The van der Waals surface area contributed by atoms with Gasteiger partial charge in [-0.05, 0) is 105 Å². The van der Waals surface area contributed by atoms with Gasteiger partial charge in [-0.15, -0.1) is 0 Å². The minimum Gasteiger partial charge on any atom is -0.451 e. The lowest BCUT2D eigenvalue weighted by molar-refractivity contribution is -0.133. The van der Waals surface area contributed by atoms with E-state index in [-0.39, 0.29) is 53.3 Å². The van der Waals surface area contributed by atoms with Gasteiger partial charge in [-0.2, -0.15) is 12.7 Å². The molecular formula is C42H48F3N7O7S. The van der Waals surface area contributed by atoms with Crippen molar-refractivity contribution in [3.8, 4) is 11.5 Å². The average Bonchev–Trinajstić information content (AvgIpc) is 3.64. The van der Waals surface area contributed by atoms with Gasteiger partial charge in [0.25, 0.3) is 5.56 Å². The molecule has 8 rings (SSSR count). The van der Waals surface area contributed by atoms with E-state index in [2.05, 4.69) is 25.2 Å². The summed E-state index contributed by atoms with van der Waals surface area (Å²) in [5.41, 5.74) is 0.323. The second kappa shape index (κ2) is 16.8. The molecule has 320 valence electrons. The van der Waals surface area contributed by atoms with Crippen molar-refractivity contribution in [1.29, 1.82) is 0 Å². The van der Waals surface area contributed by atoms with Crippen LogP contribution in [0.5, 0.6) is 11.5 Å². The zero-order valence-electron chi connectivity index (χ0n) is 33.4. The first-order valence-electron chi connectivity index (χ1n) is 20.4. The summed E-state index contributed by atoms with van der Waals surface area (Å²) in [4.78, 5) is 44.5. The van der Waals surface area contributed by atoms with Crippen molar-refractivity contribution >= 4 is 44.3 Å². The van der Waals surface area contributed by atoms with Crippen LogP contribution in [0.3, 0.4) is 0 Å². The molecule has 3 aliphatic heterocycles. The van der Waals surface area contributed by atoms with Crippen molar-refractivity contribution in [3.05, 3.63) is 88.2 Å². The van der Waals surface area contributed by atoms with E-state index < -0.39 is 50.8 Å². The summed E-state index contributed by atoms with van der Waals surface area (Å²) in [5.74, 6) is -4.06. The molecule has 0 bridgehead atoms. The molecule has 4 aliphatic rings. The minimum absolute atomic E-state index is 0.0365. The van der Waals surface area contributed by atoms with Crippen LogP contribution in [0.1, 0.15) is 82.2 Å². The fourth-order valence-corrected chi connectivity index (χ4v) is 9.96. The maximum absolute atomic E-state index is 15.4. The highest BCUT2D eigenvalue weighted by Crippen LogP contribution is 2.43. The van der Waals surface area contributed by atoms with Crippen LogP contribution in [-0.4, -0.2) is 90.0 Å². The zero-order valence-corrected chi connectivity index (χ0v) is 34.2. The zero-order chi connectivity index (χ0) is 42.3. The lowest BCUT2D eigenvalue weighted by Crippen LogP contribution is -2.49. The maximum Gasteiger partial charge on any atom is 0.301 e. The molecule has 2 unspecified atom stereocenters. The Hall–Kier alpha value is -5.04. The van der Waals surface area contributed by atoms with Gasteiger partial charge < -0.3 is 19.7 Å². The van der Waals surface area contributed by atoms with E-state index in [1.165, 1.54) is 37.6 Å². The van der Waals surface area contributed by atoms with E-state index in [1.807, 2.05) is 6.07 Å². The molecule has 1 aliphatic carbocycles. The third-order valence-corrected chi connectivity index (χ3v) is 14.2. The van der Waals surface area contributed by atoms with Crippen LogP contribution in [0.2, 0.25) is 0 Å². The molecule has 3 saturated heterocycles. The molecule has 1 spiro atoms. The molecule has 1 aromatic heterocycles. The van der Waals surface area contributed by atoms with Crippen molar-refractivity contribution in [2.75, 3.05) is 43.3 Å². The van der Waals surface area contributed by atoms with Gasteiger partial charge in [-0.1, -0.05) is 13.0 Å². The van der Waals surface area contributed by atoms with Crippen LogP contribution in [0.15, 0.2) is 59.7 Å². The molecule has 1 saturated carbocycles. The number of piperidine rings is 2. The van der Waals surface area contributed by atoms with Crippen LogP contribution >= 0.6 is 0 Å². The molecule has 3 N–H and O–H groups in total. The van der Waals surface area contributed by atoms with Gasteiger partial charge >= 0.3 is 10.2 Å². The molecule has 4 heterocycles. The predicted molar refractivity (Wildman–Crippen MR) is 218 cm³/mol. The SMILES string of the molecule is CCN(C)S(=O)(=O)Nc1ccc(F)c(Oc2ccc3ncn(C4COC5(CCN(C6CCC(c7ccc(NC8CCC(=O)NC8=O)cc7F)CC6)CC5)C4)c(=O)c3c2)c1F. The van der Waals surface area contributed by atoms with E-state index in [0.29, 0.717) is 42.3 Å². The second-order valence-corrected chi connectivity index (χ2v) is 18.1. The largest absolute Gasteiger partial charge is 0.451 e. The molecule has 4 fully saturated rings. The van der Waals surface area contributed by atoms with Gasteiger partial charge in [0, 0.05) is 44.8 Å². The van der Waals surface area contributed by atoms with E-state index >= 15 is 8.78 Å². The monoisotopic (exact) mass is 851 g/mol. The number of likely N-dealkylation sites (tertiary alicyclic amines) is 1. The highest BCUT2D eigenvalue weighted by atomic mass is 32.2. The Morgan fingerprint density at radius 1 is 0.967 bits per heavy atom. The first-order valence-corrected chi connectivity index (χ1v) is 21.8. The van der Waals surface area contributed by atoms with Crippen molar-refractivity contribution in [3.63, 3.8) is 0 Å². The lowest BCUT2D eigenvalue weighted by atomic mass is 9.79. The summed E-state index contributed by atoms with van der Waals surface area (Å²) in [6.45, 7) is 3.74. The fraction of sp³-hybridized carbons (Fsp3) is 0.476. The molecule has 2 atom stereocenters. The van der Waals surface area contributed by atoms with Crippen LogP contribution in [0.25, 0.3) is 10.9 Å². The predicted octanol–water partition coefficient (Wildman–Crippen LogP) is 5.95. The number of benzene rings is 3. The number of carbonyl (C=O) groups is 2. The van der Waals surface area contributed by atoms with Gasteiger partial charge in [0.15, 0.2) is 11.6 Å². The normalized spacial score (nSPS) is 23.6. The van der Waals surface area contributed by atoms with Crippen molar-refractivity contribution < 1.29 is 40.7 Å². The maximum atomic E-state index is 15.4. The molecular weight excluding hydrogens is 804 g/mol. The molecule has 4 aromatic rings. The number of hydrogen-bond acceptors (Lipinski definition) is 10. The number of carbonyl (C=O) groups excluding carboxylic acids is 2. The van der Waals surface area contributed by atoms with E-state index in [4.69, 9.17) is 9.47 Å². The van der Waals surface area contributed by atoms with Crippen molar-refractivity contribution in [2.45, 2.75) is 94.4 Å². The number of aromatic nitrogens is 2. The molecule has 14 nitrogen and oxygen atoms in total. The number of hydrogen-bond donors (Lipinski definition) is 3. The average molecular weight is 852 g/mol. The summed E-state index contributed by atoms with van der Waals surface area (Å²) in [6.07, 6.45) is 7.95. The number of rotatable bonds is 11. The van der Waals surface area contributed by atoms with Crippen LogP contribution in [0, 0.1) is 17.5 Å². The van der Waals surface area contributed by atoms with E-state index in [0.717, 1.165) is 68.1 Å². The van der Waals surface area contributed by atoms with Crippen LogP contribution in [-0.2, 0) is 24.5 Å². The number of imide groups is 1. The van der Waals surface area contributed by atoms with Crippen molar-refractivity contribution in [1.82, 2.24) is 24.1 Å². The summed E-state index contributed by atoms with van der Waals surface area (Å²) in [6, 6.07) is 10.7. The Kier molecular flexibility index (Phi) is 11.7. The number of nitrogens with one attached hydrogen (secondary N) is 3. The number of anilines is 2. The summed E-state index contributed by atoms with van der Waals surface area (Å²) in [5, 5.41) is 5.55. The number of halogens is 3. The second-order valence-electron chi connectivity index (χ2n) is 16.3. The number of nitrogens with zero attached hydrogens (tertiary/aromatic N) is 4. The molecule has 2 amide bonds. The van der Waals surface area contributed by atoms with Crippen LogP contribution in [0.4, 0.5) is 24.5 Å². The highest BCUT2D eigenvalue weighted by molar-refractivity contribution is 7.90. The fourth-order valence-electron chi connectivity index (χ4n) is 9.02. The molecule has 0 radical (unpaired) electrons. The quantitative estimate of drug-likeness (QED) is 0.154. The highest BCUT2D eigenvalue weighted by Gasteiger charge is 2.45. The summed E-state index contributed by atoms with van der Waals surface area (Å²) >= 11 is 0. The van der Waals surface area contributed by atoms with E-state index in [9.17, 15) is 27.2 Å². The third-order valence-electron chi connectivity index (χ3n) is 12.6. The minimum atomic E-state index is -4.10. The number of amides is 2. The van der Waals surface area contributed by atoms with Gasteiger partial charge in [-0.3, -0.25) is 29.0 Å².